The van der Waals surface area contributed by atoms with Crippen LogP contribution in [0.25, 0.3) is 0 Å². The standard InChI is InChI=1S/C17H19F2N/c1-12(2)14-8-6-13(7-9-14)10-20-11-15-4-3-5-16(18)17(15)19/h3-9,12,20H,10-11H2,1-2H3. The van der Waals surface area contributed by atoms with Gasteiger partial charge in [0.1, 0.15) is 0 Å². The van der Waals surface area contributed by atoms with Crippen LogP contribution in [0.5, 0.6) is 0 Å². The van der Waals surface area contributed by atoms with Crippen molar-refractivity contribution in [1.29, 1.82) is 0 Å². The maximum absolute atomic E-state index is 13.5. The molecule has 2 rings (SSSR count). The maximum Gasteiger partial charge on any atom is 0.163 e. The van der Waals surface area contributed by atoms with Gasteiger partial charge in [0.2, 0.25) is 0 Å². The Bertz CT molecular complexity index is 562. The summed E-state index contributed by atoms with van der Waals surface area (Å²) in [6.07, 6.45) is 0. The average molecular weight is 275 g/mol. The molecule has 0 aliphatic rings. The third-order valence-electron chi connectivity index (χ3n) is 3.32. The first-order valence-electron chi connectivity index (χ1n) is 6.80. The van der Waals surface area contributed by atoms with Crippen molar-refractivity contribution in [3.63, 3.8) is 0 Å². The van der Waals surface area contributed by atoms with E-state index in [0.717, 1.165) is 11.6 Å². The Morgan fingerprint density at radius 2 is 1.65 bits per heavy atom. The second kappa shape index (κ2) is 6.62. The van der Waals surface area contributed by atoms with Gasteiger partial charge >= 0.3 is 0 Å². The predicted octanol–water partition coefficient (Wildman–Crippen LogP) is 4.38. The van der Waals surface area contributed by atoms with Crippen LogP contribution < -0.4 is 5.32 Å². The smallest absolute Gasteiger partial charge is 0.163 e. The van der Waals surface area contributed by atoms with Crippen molar-refractivity contribution in [2.75, 3.05) is 0 Å². The molecule has 0 fully saturated rings. The number of nitrogens with one attached hydrogen (secondary N) is 1. The van der Waals surface area contributed by atoms with Crippen LogP contribution in [-0.2, 0) is 13.1 Å². The van der Waals surface area contributed by atoms with Gasteiger partial charge in [-0.3, -0.25) is 0 Å². The van der Waals surface area contributed by atoms with Gasteiger partial charge < -0.3 is 5.32 Å². The Morgan fingerprint density at radius 3 is 2.30 bits per heavy atom. The minimum absolute atomic E-state index is 0.315. The molecule has 0 aliphatic carbocycles. The van der Waals surface area contributed by atoms with E-state index in [2.05, 4.69) is 43.4 Å². The van der Waals surface area contributed by atoms with Gasteiger partial charge in [0.25, 0.3) is 0 Å². The van der Waals surface area contributed by atoms with Crippen LogP contribution in [0.3, 0.4) is 0 Å². The summed E-state index contributed by atoms with van der Waals surface area (Å²) in [5.41, 5.74) is 2.78. The SMILES string of the molecule is CC(C)c1ccc(CNCc2cccc(F)c2F)cc1. The highest BCUT2D eigenvalue weighted by atomic mass is 19.2. The van der Waals surface area contributed by atoms with E-state index >= 15 is 0 Å². The molecule has 0 radical (unpaired) electrons. The molecule has 1 N–H and O–H groups in total. The zero-order chi connectivity index (χ0) is 14.5. The molecule has 0 saturated heterocycles. The third kappa shape index (κ3) is 3.64. The van der Waals surface area contributed by atoms with E-state index in [1.54, 1.807) is 6.07 Å². The van der Waals surface area contributed by atoms with Crippen LogP contribution in [0, 0.1) is 11.6 Å². The molecule has 0 bridgehead atoms. The summed E-state index contributed by atoms with van der Waals surface area (Å²) in [5, 5.41) is 3.13. The molecular weight excluding hydrogens is 256 g/mol. The zero-order valence-electron chi connectivity index (χ0n) is 11.8. The second-order valence-electron chi connectivity index (χ2n) is 5.21. The molecule has 2 aromatic carbocycles. The van der Waals surface area contributed by atoms with Crippen LogP contribution in [0.4, 0.5) is 8.78 Å². The molecule has 2 aromatic rings. The highest BCUT2D eigenvalue weighted by Crippen LogP contribution is 2.15. The summed E-state index contributed by atoms with van der Waals surface area (Å²) in [4.78, 5) is 0. The van der Waals surface area contributed by atoms with Crippen molar-refractivity contribution >= 4 is 0 Å². The van der Waals surface area contributed by atoms with E-state index in [0.29, 0.717) is 24.6 Å². The summed E-state index contributed by atoms with van der Waals surface area (Å²) in [5.74, 6) is -1.06. The van der Waals surface area contributed by atoms with Crippen molar-refractivity contribution in [3.05, 3.63) is 70.8 Å². The van der Waals surface area contributed by atoms with E-state index < -0.39 is 11.6 Å². The van der Waals surface area contributed by atoms with E-state index in [9.17, 15) is 8.78 Å². The molecule has 3 heteroatoms. The summed E-state index contributed by atoms with van der Waals surface area (Å²) >= 11 is 0. The fraction of sp³-hybridized carbons (Fsp3) is 0.294. The molecule has 20 heavy (non-hydrogen) atoms. The summed E-state index contributed by atoms with van der Waals surface area (Å²) in [6, 6.07) is 12.6. The van der Waals surface area contributed by atoms with Crippen LogP contribution >= 0.6 is 0 Å². The minimum Gasteiger partial charge on any atom is -0.309 e. The second-order valence-corrected chi connectivity index (χ2v) is 5.21. The highest BCUT2D eigenvalue weighted by molar-refractivity contribution is 5.25. The molecule has 0 unspecified atom stereocenters. The van der Waals surface area contributed by atoms with Gasteiger partial charge in [-0.1, -0.05) is 50.2 Å². The van der Waals surface area contributed by atoms with Gasteiger partial charge in [-0.15, -0.1) is 0 Å². The Kier molecular flexibility index (Phi) is 4.85. The number of halogens is 2. The van der Waals surface area contributed by atoms with E-state index in [1.807, 2.05) is 0 Å². The lowest BCUT2D eigenvalue weighted by Gasteiger charge is -2.09. The van der Waals surface area contributed by atoms with Gasteiger partial charge in [0.15, 0.2) is 11.6 Å². The van der Waals surface area contributed by atoms with Crippen molar-refractivity contribution in [3.8, 4) is 0 Å². The molecule has 0 saturated carbocycles. The van der Waals surface area contributed by atoms with E-state index in [-0.39, 0.29) is 0 Å². The predicted molar refractivity (Wildman–Crippen MR) is 77.4 cm³/mol. The monoisotopic (exact) mass is 275 g/mol. The number of hydrogen-bond donors (Lipinski definition) is 1. The van der Waals surface area contributed by atoms with Gasteiger partial charge in [0, 0.05) is 18.7 Å². The topological polar surface area (TPSA) is 12.0 Å². The quantitative estimate of drug-likeness (QED) is 0.854. The molecule has 0 amide bonds. The first-order valence-corrected chi connectivity index (χ1v) is 6.80. The first-order chi connectivity index (χ1) is 9.58. The molecule has 106 valence electrons. The third-order valence-corrected chi connectivity index (χ3v) is 3.32. The van der Waals surface area contributed by atoms with Crippen molar-refractivity contribution in [2.45, 2.75) is 32.9 Å². The molecule has 0 heterocycles. The first kappa shape index (κ1) is 14.7. The fourth-order valence-corrected chi connectivity index (χ4v) is 2.05. The van der Waals surface area contributed by atoms with Crippen LogP contribution in [0.2, 0.25) is 0 Å². The lowest BCUT2D eigenvalue weighted by atomic mass is 10.0. The molecule has 0 aromatic heterocycles. The van der Waals surface area contributed by atoms with Gasteiger partial charge in [-0.25, -0.2) is 8.78 Å². The molecule has 1 nitrogen and oxygen atoms in total. The summed E-state index contributed by atoms with van der Waals surface area (Å²) in [6.45, 7) is 5.25. The lowest BCUT2D eigenvalue weighted by molar-refractivity contribution is 0.492. The van der Waals surface area contributed by atoms with Crippen molar-refractivity contribution in [2.24, 2.45) is 0 Å². The minimum atomic E-state index is -0.800. The fourth-order valence-electron chi connectivity index (χ4n) is 2.05. The summed E-state index contributed by atoms with van der Waals surface area (Å²) < 4.78 is 26.5. The van der Waals surface area contributed by atoms with Gasteiger partial charge in [-0.05, 0) is 23.1 Å². The molecule has 0 aliphatic heterocycles. The Morgan fingerprint density at radius 1 is 0.950 bits per heavy atom. The van der Waals surface area contributed by atoms with E-state index in [4.69, 9.17) is 0 Å². The molecule has 0 spiro atoms. The Labute approximate surface area is 118 Å². The van der Waals surface area contributed by atoms with Gasteiger partial charge in [0.05, 0.1) is 0 Å². The number of benzene rings is 2. The van der Waals surface area contributed by atoms with E-state index in [1.165, 1.54) is 11.6 Å². The van der Waals surface area contributed by atoms with Crippen LogP contribution in [0.1, 0.15) is 36.5 Å². The maximum atomic E-state index is 13.5. The lowest BCUT2D eigenvalue weighted by Crippen LogP contribution is -2.14. The van der Waals surface area contributed by atoms with Crippen LogP contribution in [0.15, 0.2) is 42.5 Å². The Hall–Kier alpha value is -1.74. The van der Waals surface area contributed by atoms with Crippen molar-refractivity contribution in [1.82, 2.24) is 5.32 Å². The normalized spacial score (nSPS) is 11.1. The Balaban J connectivity index is 1.91. The van der Waals surface area contributed by atoms with Crippen molar-refractivity contribution < 1.29 is 8.78 Å². The largest absolute Gasteiger partial charge is 0.309 e. The number of rotatable bonds is 5. The van der Waals surface area contributed by atoms with Gasteiger partial charge in [-0.2, -0.15) is 0 Å². The highest BCUT2D eigenvalue weighted by Gasteiger charge is 2.06. The number of hydrogen-bond acceptors (Lipinski definition) is 1. The average Bonchev–Trinajstić information content (AvgIpc) is 2.44. The molecule has 0 atom stereocenters. The summed E-state index contributed by atoms with van der Waals surface area (Å²) in [7, 11) is 0. The van der Waals surface area contributed by atoms with Crippen LogP contribution in [-0.4, -0.2) is 0 Å². The zero-order valence-corrected chi connectivity index (χ0v) is 11.8. The molecular formula is C17H19F2N.